The van der Waals surface area contributed by atoms with Gasteiger partial charge in [0.1, 0.15) is 16.9 Å². The van der Waals surface area contributed by atoms with Gasteiger partial charge in [0.05, 0.1) is 0 Å². The molecule has 5 nitrogen and oxygen atoms in total. The topological polar surface area (TPSA) is 86.6 Å². The average Bonchev–Trinajstić information content (AvgIpc) is 2.27. The van der Waals surface area contributed by atoms with E-state index < -0.39 is 16.3 Å². The fraction of sp³-hybridized carbons (Fsp3) is 0.167. The lowest BCUT2D eigenvalue weighted by Crippen LogP contribution is -2.32. The van der Waals surface area contributed by atoms with Crippen LogP contribution in [0.4, 0.5) is 0 Å². The van der Waals surface area contributed by atoms with Crippen molar-refractivity contribution >= 4 is 20.8 Å². The normalized spacial score (nSPS) is 13.7. The third kappa shape index (κ3) is 2.31. The molecule has 0 bridgehead atoms. The smallest absolute Gasteiger partial charge is 0.246 e. The fourth-order valence-electron chi connectivity index (χ4n) is 1.74. The molecule has 1 unspecified atom stereocenters. The lowest BCUT2D eigenvalue weighted by atomic mass is 10.1. The Balaban J connectivity index is 2.63. The summed E-state index contributed by atoms with van der Waals surface area (Å²) in [6, 6.07) is 9.82. The molecule has 0 saturated carbocycles. The van der Waals surface area contributed by atoms with Crippen LogP contribution in [0.25, 0.3) is 10.8 Å². The Labute approximate surface area is 105 Å². The van der Waals surface area contributed by atoms with Crippen LogP contribution in [0.5, 0.6) is 5.75 Å². The minimum Gasteiger partial charge on any atom is -0.506 e. The van der Waals surface area contributed by atoms with Gasteiger partial charge in [-0.2, -0.15) is 4.72 Å². The zero-order valence-electron chi connectivity index (χ0n) is 9.66. The molecular weight excluding hydrogens is 254 g/mol. The van der Waals surface area contributed by atoms with Crippen LogP contribution in [-0.2, 0) is 10.0 Å². The summed E-state index contributed by atoms with van der Waals surface area (Å²) >= 11 is 0. The maximum absolute atomic E-state index is 11.9. The Morgan fingerprint density at radius 3 is 2.50 bits per heavy atom. The van der Waals surface area contributed by atoms with E-state index in [4.69, 9.17) is 5.11 Å². The first-order chi connectivity index (χ1) is 8.42. The molecule has 2 rings (SSSR count). The van der Waals surface area contributed by atoms with E-state index in [1.54, 1.807) is 30.3 Å². The summed E-state index contributed by atoms with van der Waals surface area (Å²) in [6.07, 6.45) is -1.22. The molecule has 18 heavy (non-hydrogen) atoms. The molecule has 0 aliphatic rings. The summed E-state index contributed by atoms with van der Waals surface area (Å²) in [4.78, 5) is -0.248. The van der Waals surface area contributed by atoms with Crippen LogP contribution < -0.4 is 4.72 Å². The second-order valence-corrected chi connectivity index (χ2v) is 5.61. The number of rotatable bonds is 3. The van der Waals surface area contributed by atoms with E-state index in [-0.39, 0.29) is 10.6 Å². The van der Waals surface area contributed by atoms with E-state index >= 15 is 0 Å². The standard InChI is InChI=1S/C12H13NO4S/c1-8(14)13-18(16,17)11-7-6-9-4-2-3-5-10(9)12(11)15/h2-8,13-15H,1H3. The Hall–Kier alpha value is -1.63. The van der Waals surface area contributed by atoms with Crippen LogP contribution in [0.2, 0.25) is 0 Å². The van der Waals surface area contributed by atoms with Gasteiger partial charge in [0, 0.05) is 5.39 Å². The van der Waals surface area contributed by atoms with Crippen LogP contribution in [-0.4, -0.2) is 24.9 Å². The van der Waals surface area contributed by atoms with Crippen LogP contribution in [0.15, 0.2) is 41.3 Å². The molecule has 1 atom stereocenters. The van der Waals surface area contributed by atoms with Gasteiger partial charge in [-0.1, -0.05) is 30.3 Å². The highest BCUT2D eigenvalue weighted by molar-refractivity contribution is 7.89. The molecule has 3 N–H and O–H groups in total. The summed E-state index contributed by atoms with van der Waals surface area (Å²) in [5, 5.41) is 20.3. The third-order valence-corrected chi connectivity index (χ3v) is 4.04. The number of sulfonamides is 1. The molecule has 0 aromatic heterocycles. The fourth-order valence-corrected chi connectivity index (χ4v) is 2.93. The molecule has 0 saturated heterocycles. The second-order valence-electron chi connectivity index (χ2n) is 3.93. The van der Waals surface area contributed by atoms with Gasteiger partial charge in [-0.05, 0) is 18.4 Å². The SMILES string of the molecule is CC(O)NS(=O)(=O)c1ccc2ccccc2c1O. The monoisotopic (exact) mass is 267 g/mol. The summed E-state index contributed by atoms with van der Waals surface area (Å²) < 4.78 is 25.8. The molecule has 0 heterocycles. The molecule has 0 aliphatic carbocycles. The zero-order valence-corrected chi connectivity index (χ0v) is 10.5. The molecule has 2 aromatic carbocycles. The first-order valence-electron chi connectivity index (χ1n) is 5.33. The number of fused-ring (bicyclic) bond motifs is 1. The molecule has 0 aliphatic heterocycles. The van der Waals surface area contributed by atoms with Gasteiger partial charge in [-0.25, -0.2) is 8.42 Å². The number of phenolic OH excluding ortho intramolecular Hbond substituents is 1. The van der Waals surface area contributed by atoms with Gasteiger partial charge in [0.2, 0.25) is 10.0 Å². The number of benzene rings is 2. The van der Waals surface area contributed by atoms with Crippen molar-refractivity contribution in [2.75, 3.05) is 0 Å². The third-order valence-electron chi connectivity index (χ3n) is 2.48. The van der Waals surface area contributed by atoms with Crippen molar-refractivity contribution < 1.29 is 18.6 Å². The van der Waals surface area contributed by atoms with E-state index in [9.17, 15) is 13.5 Å². The number of aliphatic hydroxyl groups excluding tert-OH is 1. The number of aromatic hydroxyl groups is 1. The highest BCUT2D eigenvalue weighted by Gasteiger charge is 2.21. The number of hydrogen-bond acceptors (Lipinski definition) is 4. The van der Waals surface area contributed by atoms with E-state index in [2.05, 4.69) is 0 Å². The van der Waals surface area contributed by atoms with E-state index in [1.807, 2.05) is 4.72 Å². The maximum Gasteiger partial charge on any atom is 0.246 e. The van der Waals surface area contributed by atoms with Crippen LogP contribution in [0, 0.1) is 0 Å². The van der Waals surface area contributed by atoms with Gasteiger partial charge >= 0.3 is 0 Å². The maximum atomic E-state index is 11.9. The van der Waals surface area contributed by atoms with Crippen LogP contribution in [0.3, 0.4) is 0 Å². The lowest BCUT2D eigenvalue weighted by molar-refractivity contribution is 0.183. The molecule has 0 fully saturated rings. The zero-order chi connectivity index (χ0) is 13.3. The number of aliphatic hydroxyl groups is 1. The van der Waals surface area contributed by atoms with Crippen molar-refractivity contribution in [1.29, 1.82) is 0 Å². The predicted octanol–water partition coefficient (Wildman–Crippen LogP) is 1.16. The summed E-state index contributed by atoms with van der Waals surface area (Å²) in [5.74, 6) is -0.318. The van der Waals surface area contributed by atoms with Crippen molar-refractivity contribution in [3.63, 3.8) is 0 Å². The number of phenols is 1. The first kappa shape index (κ1) is 12.8. The summed E-state index contributed by atoms with van der Waals surface area (Å²) in [7, 11) is -3.93. The quantitative estimate of drug-likeness (QED) is 0.728. The molecular formula is C12H13NO4S. The molecule has 96 valence electrons. The molecule has 0 radical (unpaired) electrons. The summed E-state index contributed by atoms with van der Waals surface area (Å²) in [5.41, 5.74) is 0. The first-order valence-corrected chi connectivity index (χ1v) is 6.81. The van der Waals surface area contributed by atoms with Crippen molar-refractivity contribution in [2.24, 2.45) is 0 Å². The summed E-state index contributed by atoms with van der Waals surface area (Å²) in [6.45, 7) is 1.29. The minimum atomic E-state index is -3.93. The van der Waals surface area contributed by atoms with Gasteiger partial charge in [0.25, 0.3) is 0 Å². The van der Waals surface area contributed by atoms with Gasteiger partial charge in [-0.15, -0.1) is 0 Å². The molecule has 2 aromatic rings. The van der Waals surface area contributed by atoms with Gasteiger partial charge < -0.3 is 10.2 Å². The molecule has 0 amide bonds. The Bertz CT molecular complexity index is 680. The van der Waals surface area contributed by atoms with Gasteiger partial charge in [-0.3, -0.25) is 0 Å². The van der Waals surface area contributed by atoms with Crippen molar-refractivity contribution in [3.8, 4) is 5.75 Å². The Morgan fingerprint density at radius 1 is 1.17 bits per heavy atom. The molecule has 0 spiro atoms. The largest absolute Gasteiger partial charge is 0.506 e. The van der Waals surface area contributed by atoms with E-state index in [0.29, 0.717) is 5.39 Å². The number of nitrogens with one attached hydrogen (secondary N) is 1. The van der Waals surface area contributed by atoms with E-state index in [0.717, 1.165) is 5.39 Å². The van der Waals surface area contributed by atoms with Crippen LogP contribution in [0.1, 0.15) is 6.92 Å². The van der Waals surface area contributed by atoms with Crippen molar-refractivity contribution in [3.05, 3.63) is 36.4 Å². The molecule has 6 heteroatoms. The number of hydrogen-bond donors (Lipinski definition) is 3. The second kappa shape index (κ2) is 4.56. The van der Waals surface area contributed by atoms with Crippen LogP contribution >= 0.6 is 0 Å². The van der Waals surface area contributed by atoms with Crippen molar-refractivity contribution in [2.45, 2.75) is 18.0 Å². The predicted molar refractivity (Wildman–Crippen MR) is 67.6 cm³/mol. The Morgan fingerprint density at radius 2 is 1.83 bits per heavy atom. The van der Waals surface area contributed by atoms with Crippen molar-refractivity contribution in [1.82, 2.24) is 4.72 Å². The minimum absolute atomic E-state index is 0.248. The van der Waals surface area contributed by atoms with Gasteiger partial charge in [0.15, 0.2) is 0 Å². The van der Waals surface area contributed by atoms with E-state index in [1.165, 1.54) is 13.0 Å². The average molecular weight is 267 g/mol. The highest BCUT2D eigenvalue weighted by Crippen LogP contribution is 2.31. The lowest BCUT2D eigenvalue weighted by Gasteiger charge is -2.11. The Kier molecular flexibility index (Phi) is 3.25. The highest BCUT2D eigenvalue weighted by atomic mass is 32.2.